The smallest absolute Gasteiger partial charge is 0.465 e. The Balaban J connectivity index is 2.47. The molecule has 1 aromatic rings. The number of benzene rings is 1. The summed E-state index contributed by atoms with van der Waals surface area (Å²) in [5.74, 6) is -0.452. The molecule has 1 amide bonds. The first-order chi connectivity index (χ1) is 11.9. The van der Waals surface area contributed by atoms with Crippen LogP contribution >= 0.6 is 0 Å². The fraction of sp³-hybridized carbons (Fsp3) is 0.562. The van der Waals surface area contributed by atoms with E-state index in [-0.39, 0.29) is 31.3 Å². The molecule has 1 N–H and O–H groups in total. The van der Waals surface area contributed by atoms with Gasteiger partial charge in [0.05, 0.1) is 0 Å². The lowest BCUT2D eigenvalue weighted by molar-refractivity contribution is -0.0500. The predicted octanol–water partition coefficient (Wildman–Crippen LogP) is 3.58. The lowest BCUT2D eigenvalue weighted by Crippen LogP contribution is -2.33. The summed E-state index contributed by atoms with van der Waals surface area (Å²) in [4.78, 5) is 12.6. The van der Waals surface area contributed by atoms with Gasteiger partial charge in [-0.2, -0.15) is 21.6 Å². The highest BCUT2D eigenvalue weighted by atomic mass is 32.2. The third kappa shape index (κ3) is 4.40. The average Bonchev–Trinajstić information content (AvgIpc) is 2.66. The van der Waals surface area contributed by atoms with Crippen molar-refractivity contribution in [3.8, 4) is 5.75 Å². The van der Waals surface area contributed by atoms with Crippen LogP contribution in [0.5, 0.6) is 5.75 Å². The molecule has 1 unspecified atom stereocenters. The summed E-state index contributed by atoms with van der Waals surface area (Å²) in [5.41, 5.74) is -4.61. The Morgan fingerprint density at radius 2 is 2.04 bits per heavy atom. The molecule has 0 aliphatic carbocycles. The Kier molecular flexibility index (Phi) is 5.74. The molecule has 1 aliphatic heterocycles. The standard InChI is InChI=1S/C16H20F3NO5S/c1-10(2)8-11-9-20(15(21)22)7-6-13-12(11)4-3-5-14(13)25-26(23,24)16(17,18)19/h3-5,10-11H,6-9H2,1-2H3,(H,21,22). The number of nitrogens with zero attached hydrogens (tertiary/aromatic N) is 1. The van der Waals surface area contributed by atoms with Crippen LogP contribution in [0.2, 0.25) is 0 Å². The van der Waals surface area contributed by atoms with Gasteiger partial charge in [-0.15, -0.1) is 0 Å². The van der Waals surface area contributed by atoms with Gasteiger partial charge in [-0.05, 0) is 30.4 Å². The largest absolute Gasteiger partial charge is 0.534 e. The maximum absolute atomic E-state index is 12.6. The molecule has 1 aromatic carbocycles. The van der Waals surface area contributed by atoms with Crippen molar-refractivity contribution in [2.45, 2.75) is 38.1 Å². The highest BCUT2D eigenvalue weighted by molar-refractivity contribution is 7.88. The van der Waals surface area contributed by atoms with Crippen LogP contribution in [0, 0.1) is 5.92 Å². The molecular weight excluding hydrogens is 375 g/mol. The molecule has 1 atom stereocenters. The second-order valence-corrected chi connectivity index (χ2v) is 8.15. The first-order valence-corrected chi connectivity index (χ1v) is 9.43. The molecule has 1 heterocycles. The molecule has 2 rings (SSSR count). The second kappa shape index (κ2) is 7.34. The van der Waals surface area contributed by atoms with Gasteiger partial charge in [-0.25, -0.2) is 4.79 Å². The first-order valence-electron chi connectivity index (χ1n) is 8.02. The number of hydrogen-bond donors (Lipinski definition) is 1. The van der Waals surface area contributed by atoms with Gasteiger partial charge in [0.25, 0.3) is 0 Å². The Morgan fingerprint density at radius 1 is 1.38 bits per heavy atom. The maximum atomic E-state index is 12.6. The van der Waals surface area contributed by atoms with Gasteiger partial charge in [-0.1, -0.05) is 26.0 Å². The molecule has 0 saturated heterocycles. The Bertz CT molecular complexity index is 777. The van der Waals surface area contributed by atoms with Crippen molar-refractivity contribution in [1.29, 1.82) is 0 Å². The molecule has 0 bridgehead atoms. The van der Waals surface area contributed by atoms with E-state index in [1.165, 1.54) is 11.0 Å². The van der Waals surface area contributed by atoms with Crippen molar-refractivity contribution in [3.05, 3.63) is 29.3 Å². The van der Waals surface area contributed by atoms with E-state index < -0.39 is 27.5 Å². The zero-order valence-electron chi connectivity index (χ0n) is 14.3. The molecule has 0 radical (unpaired) electrons. The zero-order valence-corrected chi connectivity index (χ0v) is 15.1. The van der Waals surface area contributed by atoms with Gasteiger partial charge in [-0.3, -0.25) is 0 Å². The number of carboxylic acid groups (broad SMARTS) is 1. The number of fused-ring (bicyclic) bond motifs is 1. The minimum absolute atomic E-state index is 0.0450. The molecule has 10 heteroatoms. The minimum Gasteiger partial charge on any atom is -0.465 e. The molecule has 0 spiro atoms. The lowest BCUT2D eigenvalue weighted by Gasteiger charge is -2.24. The summed E-state index contributed by atoms with van der Waals surface area (Å²) in [7, 11) is -5.80. The van der Waals surface area contributed by atoms with Gasteiger partial charge < -0.3 is 14.2 Å². The lowest BCUT2D eigenvalue weighted by atomic mass is 9.87. The van der Waals surface area contributed by atoms with E-state index in [9.17, 15) is 31.5 Å². The zero-order chi connectivity index (χ0) is 19.7. The quantitative estimate of drug-likeness (QED) is 0.622. The van der Waals surface area contributed by atoms with Gasteiger partial charge >= 0.3 is 21.7 Å². The third-order valence-electron chi connectivity index (χ3n) is 4.19. The highest BCUT2D eigenvalue weighted by Crippen LogP contribution is 2.37. The Labute approximate surface area is 149 Å². The van der Waals surface area contributed by atoms with Gasteiger partial charge in [0.1, 0.15) is 5.75 Å². The van der Waals surface area contributed by atoms with Crippen LogP contribution in [0.15, 0.2) is 18.2 Å². The number of hydrogen-bond acceptors (Lipinski definition) is 4. The monoisotopic (exact) mass is 395 g/mol. The van der Waals surface area contributed by atoms with Crippen molar-refractivity contribution in [1.82, 2.24) is 4.90 Å². The normalized spacial score (nSPS) is 18.4. The summed E-state index contributed by atoms with van der Waals surface area (Å²) >= 11 is 0. The number of rotatable bonds is 4. The van der Waals surface area contributed by atoms with Gasteiger partial charge in [0, 0.05) is 24.6 Å². The fourth-order valence-corrected chi connectivity index (χ4v) is 3.61. The van der Waals surface area contributed by atoms with Crippen LogP contribution in [0.1, 0.15) is 37.3 Å². The van der Waals surface area contributed by atoms with E-state index in [1.807, 2.05) is 13.8 Å². The summed E-state index contributed by atoms with van der Waals surface area (Å²) in [6.07, 6.45) is -0.455. The van der Waals surface area contributed by atoms with Gasteiger partial charge in [0.15, 0.2) is 0 Å². The molecule has 146 valence electrons. The molecular formula is C16H20F3NO5S. The van der Waals surface area contributed by atoms with Crippen molar-refractivity contribution >= 4 is 16.2 Å². The molecule has 6 nitrogen and oxygen atoms in total. The molecule has 26 heavy (non-hydrogen) atoms. The van der Waals surface area contributed by atoms with Crippen LogP contribution in [0.3, 0.4) is 0 Å². The van der Waals surface area contributed by atoms with Crippen molar-refractivity contribution in [2.75, 3.05) is 13.1 Å². The first kappa shape index (κ1) is 20.3. The van der Waals surface area contributed by atoms with Crippen LogP contribution < -0.4 is 4.18 Å². The number of carbonyl (C=O) groups is 1. The molecule has 0 fully saturated rings. The number of alkyl halides is 3. The van der Waals surface area contributed by atoms with E-state index in [4.69, 9.17) is 0 Å². The topological polar surface area (TPSA) is 83.9 Å². The summed E-state index contributed by atoms with van der Waals surface area (Å²) < 4.78 is 65.0. The van der Waals surface area contributed by atoms with Crippen LogP contribution in [-0.2, 0) is 16.5 Å². The number of halogens is 3. The minimum atomic E-state index is -5.80. The van der Waals surface area contributed by atoms with E-state index >= 15 is 0 Å². The third-order valence-corrected chi connectivity index (χ3v) is 5.16. The molecule has 1 aliphatic rings. The van der Waals surface area contributed by atoms with E-state index in [0.717, 1.165) is 6.07 Å². The summed E-state index contributed by atoms with van der Waals surface area (Å²) in [5, 5.41) is 9.31. The Morgan fingerprint density at radius 3 is 2.58 bits per heavy atom. The summed E-state index contributed by atoms with van der Waals surface area (Å²) in [6.45, 7) is 4.13. The van der Waals surface area contributed by atoms with Crippen molar-refractivity contribution in [3.63, 3.8) is 0 Å². The SMILES string of the molecule is CC(C)CC1CN(C(=O)O)CCc2c(OS(=O)(=O)C(F)(F)F)cccc21. The maximum Gasteiger partial charge on any atom is 0.534 e. The molecule has 0 saturated carbocycles. The van der Waals surface area contributed by atoms with E-state index in [1.54, 1.807) is 6.07 Å². The van der Waals surface area contributed by atoms with Crippen LogP contribution in [-0.4, -0.2) is 43.1 Å². The van der Waals surface area contributed by atoms with Crippen LogP contribution in [0.25, 0.3) is 0 Å². The average molecular weight is 395 g/mol. The highest BCUT2D eigenvalue weighted by Gasteiger charge is 2.49. The second-order valence-electron chi connectivity index (χ2n) is 6.61. The predicted molar refractivity (Wildman–Crippen MR) is 87.5 cm³/mol. The fourth-order valence-electron chi connectivity index (χ4n) is 3.12. The Hall–Kier alpha value is -1.97. The molecule has 0 aromatic heterocycles. The van der Waals surface area contributed by atoms with Crippen molar-refractivity contribution in [2.24, 2.45) is 5.92 Å². The van der Waals surface area contributed by atoms with Crippen LogP contribution in [0.4, 0.5) is 18.0 Å². The van der Waals surface area contributed by atoms with E-state index in [2.05, 4.69) is 4.18 Å². The van der Waals surface area contributed by atoms with E-state index in [0.29, 0.717) is 17.5 Å². The summed E-state index contributed by atoms with van der Waals surface area (Å²) in [6, 6.07) is 4.26. The van der Waals surface area contributed by atoms with Gasteiger partial charge in [0.2, 0.25) is 0 Å². The van der Waals surface area contributed by atoms with Crippen molar-refractivity contribution < 1.29 is 35.7 Å². The number of amides is 1.